The van der Waals surface area contributed by atoms with Crippen molar-refractivity contribution < 1.29 is 41.2 Å². The number of amidine groups is 1. The number of rotatable bonds is 5. The normalized spacial score (nSPS) is 22.1. The molecule has 1 aromatic carbocycles. The lowest BCUT2D eigenvalue weighted by molar-refractivity contribution is -0.385. The Morgan fingerprint density at radius 3 is 2.05 bits per heavy atom. The van der Waals surface area contributed by atoms with Crippen molar-refractivity contribution in [2.75, 3.05) is 6.67 Å². The number of benzene rings is 1. The standard InChI is InChI=1S/C26H35F2N3O8S/c1-10-11-19-26(15-27,17-14-16(31(34)35)12-13-18(17)28)29-20(25(8,9)40(19,36)37)30(21(32)38-23(2,3)4)22(33)39-24(5,6)7/h10,12-14,19H,1,11,15H2,2-9H3. The first kappa shape index (κ1) is 32.8. The summed E-state index contributed by atoms with van der Waals surface area (Å²) in [4.78, 5) is 41.9. The van der Waals surface area contributed by atoms with Crippen LogP contribution in [-0.4, -0.2) is 64.1 Å². The summed E-state index contributed by atoms with van der Waals surface area (Å²) in [5, 5.41) is 9.66. The van der Waals surface area contributed by atoms with Gasteiger partial charge in [0.1, 0.15) is 39.8 Å². The number of hydrogen-bond acceptors (Lipinski definition) is 9. The molecular weight excluding hydrogens is 552 g/mol. The first-order chi connectivity index (χ1) is 18.1. The molecule has 2 atom stereocenters. The van der Waals surface area contributed by atoms with E-state index in [1.165, 1.54) is 41.5 Å². The zero-order chi connectivity index (χ0) is 31.1. The first-order valence-electron chi connectivity index (χ1n) is 12.3. The lowest BCUT2D eigenvalue weighted by atomic mass is 9.85. The van der Waals surface area contributed by atoms with E-state index >= 15 is 8.78 Å². The van der Waals surface area contributed by atoms with Gasteiger partial charge < -0.3 is 9.47 Å². The van der Waals surface area contributed by atoms with Gasteiger partial charge in [-0.05, 0) is 67.9 Å². The summed E-state index contributed by atoms with van der Waals surface area (Å²) in [6, 6.07) is 2.20. The van der Waals surface area contributed by atoms with Gasteiger partial charge in [0.05, 0.1) is 10.2 Å². The molecule has 0 N–H and O–H groups in total. The number of imide groups is 1. The second kappa shape index (κ2) is 10.9. The SMILES string of the molecule is C=CCC1C(CF)(c2cc([N+](=O)[O-])ccc2F)N=C(N(C(=O)OC(C)(C)C)C(=O)OC(C)(C)C)C(C)(C)S1(=O)=O. The molecule has 0 radical (unpaired) electrons. The minimum Gasteiger partial charge on any atom is -0.443 e. The van der Waals surface area contributed by atoms with Gasteiger partial charge >= 0.3 is 12.2 Å². The fourth-order valence-corrected chi connectivity index (χ4v) is 6.42. The van der Waals surface area contributed by atoms with Gasteiger partial charge in [0.15, 0.2) is 9.84 Å². The summed E-state index contributed by atoms with van der Waals surface area (Å²) in [6.45, 7) is 13.1. The molecule has 2 unspecified atom stereocenters. The van der Waals surface area contributed by atoms with E-state index in [2.05, 4.69) is 11.6 Å². The molecule has 0 aliphatic carbocycles. The van der Waals surface area contributed by atoms with Crippen molar-refractivity contribution >= 4 is 33.5 Å². The monoisotopic (exact) mass is 587 g/mol. The number of carbonyl (C=O) groups excluding carboxylic acids is 2. The molecule has 0 aromatic heterocycles. The Bertz CT molecular complexity index is 1320. The predicted octanol–water partition coefficient (Wildman–Crippen LogP) is 5.62. The number of amides is 2. The van der Waals surface area contributed by atoms with Crippen molar-refractivity contribution in [3.05, 3.63) is 52.3 Å². The highest BCUT2D eigenvalue weighted by atomic mass is 32.2. The number of alkyl halides is 1. The van der Waals surface area contributed by atoms with E-state index in [4.69, 9.17) is 9.47 Å². The quantitative estimate of drug-likeness (QED) is 0.245. The van der Waals surface area contributed by atoms with Crippen LogP contribution in [0.1, 0.15) is 67.4 Å². The topological polar surface area (TPSA) is 145 Å². The number of nitrogens with zero attached hydrogens (tertiary/aromatic N) is 3. The number of sulfone groups is 1. The molecule has 0 bridgehead atoms. The van der Waals surface area contributed by atoms with Gasteiger partial charge in [-0.1, -0.05) is 6.08 Å². The summed E-state index contributed by atoms with van der Waals surface area (Å²) in [5.41, 5.74) is -6.41. The summed E-state index contributed by atoms with van der Waals surface area (Å²) in [6.07, 6.45) is -2.03. The molecule has 0 saturated heterocycles. The Labute approximate surface area is 232 Å². The van der Waals surface area contributed by atoms with E-state index in [1.54, 1.807) is 0 Å². The Hall–Kier alpha value is -3.42. The highest BCUT2D eigenvalue weighted by Gasteiger charge is 2.62. The van der Waals surface area contributed by atoms with Crippen molar-refractivity contribution in [3.8, 4) is 0 Å². The van der Waals surface area contributed by atoms with Gasteiger partial charge in [0, 0.05) is 17.7 Å². The minimum atomic E-state index is -4.67. The fourth-order valence-electron chi connectivity index (χ4n) is 4.17. The van der Waals surface area contributed by atoms with Crippen molar-refractivity contribution in [1.82, 2.24) is 4.90 Å². The van der Waals surface area contributed by atoms with Crippen LogP contribution in [0.2, 0.25) is 0 Å². The summed E-state index contributed by atoms with van der Waals surface area (Å²) < 4.78 is 67.4. The number of nitro groups is 1. The lowest BCUT2D eigenvalue weighted by Crippen LogP contribution is -2.65. The number of allylic oxidation sites excluding steroid dienone is 1. The Kier molecular flexibility index (Phi) is 8.91. The maximum Gasteiger partial charge on any atom is 0.425 e. The Balaban J connectivity index is 3.10. The minimum absolute atomic E-state index is 0.248. The van der Waals surface area contributed by atoms with E-state index in [0.29, 0.717) is 12.1 Å². The van der Waals surface area contributed by atoms with Gasteiger partial charge in [-0.25, -0.2) is 26.8 Å². The van der Waals surface area contributed by atoms with Crippen LogP contribution in [0.3, 0.4) is 0 Å². The molecule has 0 spiro atoms. The zero-order valence-electron chi connectivity index (χ0n) is 23.8. The van der Waals surface area contributed by atoms with Crippen LogP contribution in [0.5, 0.6) is 0 Å². The van der Waals surface area contributed by atoms with Crippen molar-refractivity contribution in [1.29, 1.82) is 0 Å². The largest absolute Gasteiger partial charge is 0.443 e. The summed E-state index contributed by atoms with van der Waals surface area (Å²) in [7, 11) is -4.67. The maximum atomic E-state index is 15.3. The van der Waals surface area contributed by atoms with Crippen LogP contribution in [-0.2, 0) is 24.8 Å². The highest BCUT2D eigenvalue weighted by Crippen LogP contribution is 2.47. The molecule has 1 heterocycles. The van der Waals surface area contributed by atoms with Gasteiger partial charge in [-0.3, -0.25) is 15.1 Å². The molecule has 1 aromatic rings. The highest BCUT2D eigenvalue weighted by molar-refractivity contribution is 7.94. The third-order valence-corrected chi connectivity index (χ3v) is 8.97. The van der Waals surface area contributed by atoms with E-state index < -0.39 is 89.7 Å². The number of nitro benzene ring substituents is 1. The smallest absolute Gasteiger partial charge is 0.425 e. The van der Waals surface area contributed by atoms with Crippen molar-refractivity contribution in [2.24, 2.45) is 4.99 Å². The third kappa shape index (κ3) is 6.16. The van der Waals surface area contributed by atoms with Crippen LogP contribution in [0, 0.1) is 15.9 Å². The first-order valence-corrected chi connectivity index (χ1v) is 13.8. The van der Waals surface area contributed by atoms with E-state index in [0.717, 1.165) is 26.0 Å². The molecule has 0 saturated carbocycles. The van der Waals surface area contributed by atoms with Crippen LogP contribution in [0.15, 0.2) is 35.8 Å². The van der Waals surface area contributed by atoms with Crippen LogP contribution in [0.4, 0.5) is 24.1 Å². The molecule has 11 nitrogen and oxygen atoms in total. The number of non-ortho nitro benzene ring substituents is 1. The Morgan fingerprint density at radius 2 is 1.65 bits per heavy atom. The number of carbonyl (C=O) groups is 2. The number of aliphatic imine (C=N–C) groups is 1. The molecule has 0 fully saturated rings. The van der Waals surface area contributed by atoms with E-state index in [-0.39, 0.29) is 4.90 Å². The van der Waals surface area contributed by atoms with Crippen LogP contribution in [0.25, 0.3) is 0 Å². The van der Waals surface area contributed by atoms with Gasteiger partial charge in [-0.15, -0.1) is 6.58 Å². The van der Waals surface area contributed by atoms with Crippen molar-refractivity contribution in [2.45, 2.75) is 88.5 Å². The summed E-state index contributed by atoms with van der Waals surface area (Å²) in [5.74, 6) is -1.99. The average molecular weight is 588 g/mol. The van der Waals surface area contributed by atoms with Crippen molar-refractivity contribution in [3.63, 3.8) is 0 Å². The van der Waals surface area contributed by atoms with E-state index in [1.807, 2.05) is 0 Å². The van der Waals surface area contributed by atoms with Gasteiger partial charge in [0.2, 0.25) is 0 Å². The molecule has 222 valence electrons. The molecule has 2 rings (SSSR count). The molecule has 40 heavy (non-hydrogen) atoms. The predicted molar refractivity (Wildman–Crippen MR) is 144 cm³/mol. The van der Waals surface area contributed by atoms with Gasteiger partial charge in [-0.2, -0.15) is 4.90 Å². The molecule has 1 aliphatic rings. The lowest BCUT2D eigenvalue weighted by Gasteiger charge is -2.46. The zero-order valence-corrected chi connectivity index (χ0v) is 24.6. The number of halogens is 2. The molecule has 14 heteroatoms. The second-order valence-electron chi connectivity index (χ2n) is 11.8. The van der Waals surface area contributed by atoms with E-state index in [9.17, 15) is 28.1 Å². The molecular formula is C26H35F2N3O8S. The van der Waals surface area contributed by atoms with Crippen LogP contribution < -0.4 is 0 Å². The van der Waals surface area contributed by atoms with Crippen LogP contribution >= 0.6 is 0 Å². The summed E-state index contributed by atoms with van der Waals surface area (Å²) >= 11 is 0. The fraction of sp³-hybridized carbons (Fsp3) is 0.577. The average Bonchev–Trinajstić information content (AvgIpc) is 2.77. The Morgan fingerprint density at radius 1 is 1.15 bits per heavy atom. The molecule has 1 aliphatic heterocycles. The number of hydrogen-bond donors (Lipinski definition) is 0. The maximum absolute atomic E-state index is 15.3. The molecule has 2 amide bonds. The third-order valence-electron chi connectivity index (χ3n) is 6.04. The number of ether oxygens (including phenoxy) is 2. The second-order valence-corrected chi connectivity index (χ2v) is 14.5. The van der Waals surface area contributed by atoms with Gasteiger partial charge in [0.25, 0.3) is 5.69 Å².